The van der Waals surface area contributed by atoms with Crippen molar-refractivity contribution >= 4 is 22.8 Å². The number of benzene rings is 2. The molecule has 0 bridgehead atoms. The van der Waals surface area contributed by atoms with Crippen LogP contribution < -0.4 is 5.32 Å². The van der Waals surface area contributed by atoms with Gasteiger partial charge >= 0.3 is 0 Å². The number of nitrogens with zero attached hydrogens (tertiary/aromatic N) is 3. The number of aryl methyl sites for hydroxylation is 1. The number of para-hydroxylation sites is 3. The van der Waals surface area contributed by atoms with E-state index in [-0.39, 0.29) is 17.9 Å². The highest BCUT2D eigenvalue weighted by molar-refractivity contribution is 5.89. The van der Waals surface area contributed by atoms with Crippen LogP contribution in [0.3, 0.4) is 0 Å². The smallest absolute Gasteiger partial charge is 0.242 e. The fourth-order valence-electron chi connectivity index (χ4n) is 3.89. The zero-order chi connectivity index (χ0) is 19.5. The van der Waals surface area contributed by atoms with Crippen LogP contribution in [-0.4, -0.2) is 45.4 Å². The Bertz CT molecular complexity index is 996. The third-order valence-corrected chi connectivity index (χ3v) is 5.24. The third kappa shape index (κ3) is 3.38. The lowest BCUT2D eigenvalue weighted by Crippen LogP contribution is -2.56. The van der Waals surface area contributed by atoms with Gasteiger partial charge < -0.3 is 10.2 Å². The minimum atomic E-state index is -0.366. The van der Waals surface area contributed by atoms with Crippen molar-refractivity contribution in [1.82, 2.24) is 19.8 Å². The number of rotatable bonds is 5. The van der Waals surface area contributed by atoms with E-state index in [2.05, 4.69) is 9.88 Å². The van der Waals surface area contributed by atoms with Gasteiger partial charge in [0.1, 0.15) is 11.9 Å². The Balaban J connectivity index is 1.60. The van der Waals surface area contributed by atoms with E-state index in [1.807, 2.05) is 61.5 Å². The second-order valence-electron chi connectivity index (χ2n) is 6.99. The highest BCUT2D eigenvalue weighted by Crippen LogP contribution is 2.23. The largest absolute Gasteiger partial charge is 0.353 e. The summed E-state index contributed by atoms with van der Waals surface area (Å²) in [6, 6.07) is 17.7. The van der Waals surface area contributed by atoms with Crippen molar-refractivity contribution in [3.63, 3.8) is 0 Å². The molecule has 1 fully saturated rings. The molecule has 2 amide bonds. The number of hydrogen-bond acceptors (Lipinski definition) is 3. The summed E-state index contributed by atoms with van der Waals surface area (Å²) < 4.78 is 2.11. The Kier molecular flexibility index (Phi) is 5.10. The molecule has 1 atom stereocenters. The monoisotopic (exact) mass is 376 g/mol. The average molecular weight is 376 g/mol. The first kappa shape index (κ1) is 18.2. The lowest BCUT2D eigenvalue weighted by Gasteiger charge is -2.34. The molecule has 0 saturated carbocycles. The van der Waals surface area contributed by atoms with Crippen LogP contribution in [0.2, 0.25) is 0 Å². The Morgan fingerprint density at radius 3 is 2.68 bits per heavy atom. The van der Waals surface area contributed by atoms with E-state index < -0.39 is 0 Å². The first-order valence-electron chi connectivity index (χ1n) is 9.78. The molecule has 1 aliphatic heterocycles. The summed E-state index contributed by atoms with van der Waals surface area (Å²) in [6.45, 7) is 3.02. The van der Waals surface area contributed by atoms with Gasteiger partial charge in [0.25, 0.3) is 0 Å². The van der Waals surface area contributed by atoms with Crippen molar-refractivity contribution in [3.8, 4) is 5.69 Å². The fourth-order valence-corrected chi connectivity index (χ4v) is 3.89. The van der Waals surface area contributed by atoms with E-state index in [9.17, 15) is 9.59 Å². The van der Waals surface area contributed by atoms with Crippen LogP contribution in [0.15, 0.2) is 54.6 Å². The van der Waals surface area contributed by atoms with E-state index >= 15 is 0 Å². The topological polar surface area (TPSA) is 67.2 Å². The van der Waals surface area contributed by atoms with Gasteiger partial charge in [-0.2, -0.15) is 0 Å². The first-order chi connectivity index (χ1) is 13.7. The van der Waals surface area contributed by atoms with E-state index in [1.165, 1.54) is 0 Å². The number of carbonyl (C=O) groups excluding carboxylic acids is 2. The Hall–Kier alpha value is -3.15. The van der Waals surface area contributed by atoms with E-state index in [4.69, 9.17) is 4.98 Å². The van der Waals surface area contributed by atoms with Gasteiger partial charge in [-0.3, -0.25) is 14.2 Å². The standard InChI is InChI=1S/C22H24N4O2/c1-2-18-22(28)23-14-15-25(18)21(27)13-12-20-24-17-10-6-7-11-19(17)26(20)16-8-4-3-5-9-16/h3-11,18H,2,12-15H2,1H3,(H,23,28)/t18-/m0/s1. The third-order valence-electron chi connectivity index (χ3n) is 5.24. The van der Waals surface area contributed by atoms with Gasteiger partial charge in [-0.05, 0) is 30.7 Å². The summed E-state index contributed by atoms with van der Waals surface area (Å²) in [4.78, 5) is 31.4. The van der Waals surface area contributed by atoms with Crippen LogP contribution in [0.1, 0.15) is 25.6 Å². The molecule has 3 aromatic rings. The van der Waals surface area contributed by atoms with Crippen LogP contribution in [0.4, 0.5) is 0 Å². The quantitative estimate of drug-likeness (QED) is 0.744. The SMILES string of the molecule is CC[C@H]1C(=O)NCCN1C(=O)CCc1nc2ccccc2n1-c1ccccc1. The zero-order valence-electron chi connectivity index (χ0n) is 16.0. The number of fused-ring (bicyclic) bond motifs is 1. The summed E-state index contributed by atoms with van der Waals surface area (Å²) in [5.74, 6) is 0.808. The minimum absolute atomic E-state index is 0.00775. The molecular weight excluding hydrogens is 352 g/mol. The van der Waals surface area contributed by atoms with Crippen LogP contribution in [0, 0.1) is 0 Å². The summed E-state index contributed by atoms with van der Waals surface area (Å²) >= 11 is 0. The second-order valence-corrected chi connectivity index (χ2v) is 6.99. The molecule has 0 spiro atoms. The fraction of sp³-hybridized carbons (Fsp3) is 0.318. The van der Waals surface area contributed by atoms with Crippen molar-refractivity contribution in [2.75, 3.05) is 13.1 Å². The normalized spacial score (nSPS) is 17.0. The van der Waals surface area contributed by atoms with Crippen LogP contribution in [-0.2, 0) is 16.0 Å². The molecule has 1 N–H and O–H groups in total. The molecule has 0 aliphatic carbocycles. The van der Waals surface area contributed by atoms with Crippen LogP contribution >= 0.6 is 0 Å². The van der Waals surface area contributed by atoms with Gasteiger partial charge in [0.05, 0.1) is 11.0 Å². The van der Waals surface area contributed by atoms with E-state index in [0.29, 0.717) is 32.4 Å². The highest BCUT2D eigenvalue weighted by atomic mass is 16.2. The maximum absolute atomic E-state index is 12.9. The van der Waals surface area contributed by atoms with Crippen molar-refractivity contribution in [2.45, 2.75) is 32.2 Å². The summed E-state index contributed by atoms with van der Waals surface area (Å²) in [7, 11) is 0. The molecule has 1 saturated heterocycles. The average Bonchev–Trinajstić information content (AvgIpc) is 3.10. The second kappa shape index (κ2) is 7.84. The summed E-state index contributed by atoms with van der Waals surface area (Å²) in [5.41, 5.74) is 2.97. The van der Waals surface area contributed by atoms with E-state index in [1.54, 1.807) is 4.90 Å². The molecule has 0 unspecified atom stereocenters. The van der Waals surface area contributed by atoms with Crippen LogP contribution in [0.25, 0.3) is 16.7 Å². The van der Waals surface area contributed by atoms with Crippen molar-refractivity contribution < 1.29 is 9.59 Å². The Morgan fingerprint density at radius 1 is 1.14 bits per heavy atom. The summed E-state index contributed by atoms with van der Waals surface area (Å²) in [6.07, 6.45) is 1.48. The number of hydrogen-bond donors (Lipinski definition) is 1. The molecule has 144 valence electrons. The molecule has 6 heteroatoms. The first-order valence-corrected chi connectivity index (χ1v) is 9.78. The predicted molar refractivity (Wildman–Crippen MR) is 108 cm³/mol. The van der Waals surface area contributed by atoms with Gasteiger partial charge in [0, 0.05) is 31.6 Å². The van der Waals surface area contributed by atoms with Crippen LogP contribution in [0.5, 0.6) is 0 Å². The number of carbonyl (C=O) groups is 2. The molecule has 1 aromatic heterocycles. The molecular formula is C22H24N4O2. The summed E-state index contributed by atoms with van der Waals surface area (Å²) in [5, 5.41) is 2.84. The zero-order valence-corrected chi connectivity index (χ0v) is 16.0. The minimum Gasteiger partial charge on any atom is -0.353 e. The lowest BCUT2D eigenvalue weighted by molar-refractivity contribution is -0.143. The number of imidazole rings is 1. The highest BCUT2D eigenvalue weighted by Gasteiger charge is 2.31. The molecule has 4 rings (SSSR count). The maximum Gasteiger partial charge on any atom is 0.242 e. The van der Waals surface area contributed by atoms with Crippen molar-refractivity contribution in [3.05, 3.63) is 60.4 Å². The molecule has 1 aliphatic rings. The Morgan fingerprint density at radius 2 is 1.89 bits per heavy atom. The van der Waals surface area contributed by atoms with Gasteiger partial charge in [-0.1, -0.05) is 37.3 Å². The molecule has 2 heterocycles. The molecule has 6 nitrogen and oxygen atoms in total. The number of nitrogens with one attached hydrogen (secondary N) is 1. The Labute approximate surface area is 164 Å². The molecule has 0 radical (unpaired) electrons. The van der Waals surface area contributed by atoms with Crippen molar-refractivity contribution in [1.29, 1.82) is 0 Å². The van der Waals surface area contributed by atoms with Crippen molar-refractivity contribution in [2.24, 2.45) is 0 Å². The van der Waals surface area contributed by atoms with Gasteiger partial charge in [0.2, 0.25) is 11.8 Å². The maximum atomic E-state index is 12.9. The molecule has 2 aromatic carbocycles. The number of aromatic nitrogens is 2. The predicted octanol–water partition coefficient (Wildman–Crippen LogP) is 2.70. The number of amides is 2. The van der Waals surface area contributed by atoms with Gasteiger partial charge in [-0.25, -0.2) is 4.98 Å². The lowest BCUT2D eigenvalue weighted by atomic mass is 10.1. The van der Waals surface area contributed by atoms with Gasteiger partial charge in [0.15, 0.2) is 0 Å². The van der Waals surface area contributed by atoms with Gasteiger partial charge in [-0.15, -0.1) is 0 Å². The molecule has 28 heavy (non-hydrogen) atoms. The number of piperazine rings is 1. The van der Waals surface area contributed by atoms with E-state index in [0.717, 1.165) is 22.5 Å².